The van der Waals surface area contributed by atoms with Crippen LogP contribution in [0.25, 0.3) is 0 Å². The van der Waals surface area contributed by atoms with Crippen LogP contribution in [-0.2, 0) is 13.1 Å². The van der Waals surface area contributed by atoms with Crippen molar-refractivity contribution in [2.24, 2.45) is 17.8 Å². The standard InChI is InChI=1S/C15H26N4O/c1-11(2)12-3-4-14(20)13(7-12)8-18-5-6-19-10-16-17-15(19)9-18/h10-14,20H,3-9H2,1-2H3. The van der Waals surface area contributed by atoms with E-state index in [1.165, 1.54) is 12.8 Å². The molecule has 0 radical (unpaired) electrons. The Morgan fingerprint density at radius 3 is 3.00 bits per heavy atom. The fraction of sp³-hybridized carbons (Fsp3) is 0.867. The molecule has 0 saturated heterocycles. The molecule has 3 unspecified atom stereocenters. The molecule has 20 heavy (non-hydrogen) atoms. The molecule has 0 aromatic carbocycles. The number of aliphatic hydroxyl groups excluding tert-OH is 1. The lowest BCUT2D eigenvalue weighted by atomic mass is 9.74. The van der Waals surface area contributed by atoms with Crippen LogP contribution in [0.2, 0.25) is 0 Å². The Bertz CT molecular complexity index is 445. The first-order valence-corrected chi connectivity index (χ1v) is 7.90. The molecule has 1 aromatic rings. The second-order valence-corrected chi connectivity index (χ2v) is 6.82. The van der Waals surface area contributed by atoms with Crippen molar-refractivity contribution < 1.29 is 5.11 Å². The summed E-state index contributed by atoms with van der Waals surface area (Å²) in [6.07, 6.45) is 5.02. The van der Waals surface area contributed by atoms with Crippen LogP contribution in [0, 0.1) is 17.8 Å². The summed E-state index contributed by atoms with van der Waals surface area (Å²) in [4.78, 5) is 2.43. The predicted molar refractivity (Wildman–Crippen MR) is 77.0 cm³/mol. The number of rotatable bonds is 3. The van der Waals surface area contributed by atoms with Gasteiger partial charge in [0.25, 0.3) is 0 Å². The lowest BCUT2D eigenvalue weighted by molar-refractivity contribution is 0.0138. The molecule has 5 heteroatoms. The Morgan fingerprint density at radius 2 is 2.20 bits per heavy atom. The largest absolute Gasteiger partial charge is 0.393 e. The Morgan fingerprint density at radius 1 is 1.35 bits per heavy atom. The third-order valence-electron chi connectivity index (χ3n) is 5.14. The smallest absolute Gasteiger partial charge is 0.147 e. The molecule has 0 bridgehead atoms. The van der Waals surface area contributed by atoms with Crippen LogP contribution in [0.4, 0.5) is 0 Å². The van der Waals surface area contributed by atoms with E-state index in [0.29, 0.717) is 5.92 Å². The van der Waals surface area contributed by atoms with Gasteiger partial charge in [-0.1, -0.05) is 13.8 Å². The average molecular weight is 278 g/mol. The maximum atomic E-state index is 10.3. The quantitative estimate of drug-likeness (QED) is 0.911. The van der Waals surface area contributed by atoms with Gasteiger partial charge in [-0.05, 0) is 37.0 Å². The van der Waals surface area contributed by atoms with Gasteiger partial charge in [0, 0.05) is 19.6 Å². The highest BCUT2D eigenvalue weighted by atomic mass is 16.3. The normalized spacial score (nSPS) is 31.5. The first kappa shape index (κ1) is 14.0. The van der Waals surface area contributed by atoms with E-state index in [4.69, 9.17) is 0 Å². The van der Waals surface area contributed by atoms with E-state index in [1.54, 1.807) is 0 Å². The number of nitrogens with zero attached hydrogens (tertiary/aromatic N) is 4. The lowest BCUT2D eigenvalue weighted by Gasteiger charge is -2.38. The SMILES string of the molecule is CC(C)C1CCC(O)C(CN2CCn3cnnc3C2)C1. The molecule has 1 saturated carbocycles. The third kappa shape index (κ3) is 2.88. The second kappa shape index (κ2) is 5.82. The number of aromatic nitrogens is 3. The third-order valence-corrected chi connectivity index (χ3v) is 5.14. The van der Waals surface area contributed by atoms with E-state index < -0.39 is 0 Å². The molecule has 1 N–H and O–H groups in total. The number of fused-ring (bicyclic) bond motifs is 1. The Kier molecular flexibility index (Phi) is 4.08. The van der Waals surface area contributed by atoms with Crippen molar-refractivity contribution in [1.82, 2.24) is 19.7 Å². The summed E-state index contributed by atoms with van der Waals surface area (Å²) in [6, 6.07) is 0. The zero-order chi connectivity index (χ0) is 14.1. The minimum Gasteiger partial charge on any atom is -0.393 e. The van der Waals surface area contributed by atoms with Crippen LogP contribution in [0.1, 0.15) is 38.9 Å². The topological polar surface area (TPSA) is 54.2 Å². The van der Waals surface area contributed by atoms with Gasteiger partial charge in [0.15, 0.2) is 0 Å². The van der Waals surface area contributed by atoms with Gasteiger partial charge in [0.2, 0.25) is 0 Å². The summed E-state index contributed by atoms with van der Waals surface area (Å²) in [6.45, 7) is 8.50. The lowest BCUT2D eigenvalue weighted by Crippen LogP contribution is -2.42. The summed E-state index contributed by atoms with van der Waals surface area (Å²) in [7, 11) is 0. The van der Waals surface area contributed by atoms with Crippen molar-refractivity contribution in [3.63, 3.8) is 0 Å². The molecular formula is C15H26N4O. The fourth-order valence-corrected chi connectivity index (χ4v) is 3.69. The van der Waals surface area contributed by atoms with Gasteiger partial charge >= 0.3 is 0 Å². The highest BCUT2D eigenvalue weighted by Crippen LogP contribution is 2.34. The number of hydrogen-bond acceptors (Lipinski definition) is 4. The van der Waals surface area contributed by atoms with Gasteiger partial charge in [-0.3, -0.25) is 4.90 Å². The van der Waals surface area contributed by atoms with Crippen LogP contribution in [0.15, 0.2) is 6.33 Å². The van der Waals surface area contributed by atoms with Crippen LogP contribution in [-0.4, -0.2) is 44.0 Å². The van der Waals surface area contributed by atoms with Crippen molar-refractivity contribution in [3.8, 4) is 0 Å². The summed E-state index contributed by atoms with van der Waals surface area (Å²) >= 11 is 0. The summed E-state index contributed by atoms with van der Waals surface area (Å²) in [5.74, 6) is 2.99. The highest BCUT2D eigenvalue weighted by Gasteiger charge is 2.32. The van der Waals surface area contributed by atoms with E-state index >= 15 is 0 Å². The number of aliphatic hydroxyl groups is 1. The van der Waals surface area contributed by atoms with E-state index in [0.717, 1.165) is 50.3 Å². The molecule has 1 fully saturated rings. The minimum absolute atomic E-state index is 0.121. The molecule has 3 atom stereocenters. The Hall–Kier alpha value is -0.940. The molecule has 0 spiro atoms. The number of hydrogen-bond donors (Lipinski definition) is 1. The monoisotopic (exact) mass is 278 g/mol. The Labute approximate surface area is 121 Å². The second-order valence-electron chi connectivity index (χ2n) is 6.82. The van der Waals surface area contributed by atoms with Gasteiger partial charge in [-0.25, -0.2) is 0 Å². The molecule has 0 amide bonds. The first-order chi connectivity index (χ1) is 9.63. The van der Waals surface area contributed by atoms with E-state index in [2.05, 4.69) is 33.5 Å². The fourth-order valence-electron chi connectivity index (χ4n) is 3.69. The molecule has 5 nitrogen and oxygen atoms in total. The summed E-state index contributed by atoms with van der Waals surface area (Å²) in [5.41, 5.74) is 0. The summed E-state index contributed by atoms with van der Waals surface area (Å²) < 4.78 is 2.13. The van der Waals surface area contributed by atoms with E-state index in [1.807, 2.05) is 6.33 Å². The van der Waals surface area contributed by atoms with Crippen molar-refractivity contribution in [2.75, 3.05) is 13.1 Å². The molecule has 3 rings (SSSR count). The van der Waals surface area contributed by atoms with E-state index in [-0.39, 0.29) is 6.10 Å². The Balaban J connectivity index is 1.59. The van der Waals surface area contributed by atoms with Crippen LogP contribution in [0.5, 0.6) is 0 Å². The highest BCUT2D eigenvalue weighted by molar-refractivity contribution is 4.91. The molecule has 1 aromatic heterocycles. The maximum Gasteiger partial charge on any atom is 0.147 e. The van der Waals surface area contributed by atoms with Gasteiger partial charge in [-0.2, -0.15) is 0 Å². The van der Waals surface area contributed by atoms with Gasteiger partial charge < -0.3 is 9.67 Å². The maximum absolute atomic E-state index is 10.3. The molecule has 1 aliphatic heterocycles. The van der Waals surface area contributed by atoms with Crippen molar-refractivity contribution in [2.45, 2.75) is 52.3 Å². The molecule has 2 aliphatic rings. The molecule has 2 heterocycles. The molecule has 1 aliphatic carbocycles. The zero-order valence-corrected chi connectivity index (χ0v) is 12.6. The van der Waals surface area contributed by atoms with Crippen molar-refractivity contribution >= 4 is 0 Å². The van der Waals surface area contributed by atoms with Gasteiger partial charge in [0.05, 0.1) is 12.6 Å². The molecular weight excluding hydrogens is 252 g/mol. The van der Waals surface area contributed by atoms with Crippen molar-refractivity contribution in [1.29, 1.82) is 0 Å². The first-order valence-electron chi connectivity index (χ1n) is 7.90. The van der Waals surface area contributed by atoms with Crippen molar-refractivity contribution in [3.05, 3.63) is 12.2 Å². The molecule has 112 valence electrons. The van der Waals surface area contributed by atoms with Crippen LogP contribution >= 0.6 is 0 Å². The van der Waals surface area contributed by atoms with Gasteiger partial charge in [0.1, 0.15) is 12.2 Å². The van der Waals surface area contributed by atoms with Crippen LogP contribution < -0.4 is 0 Å². The summed E-state index contributed by atoms with van der Waals surface area (Å²) in [5, 5.41) is 18.4. The van der Waals surface area contributed by atoms with Gasteiger partial charge in [-0.15, -0.1) is 10.2 Å². The van der Waals surface area contributed by atoms with Crippen LogP contribution in [0.3, 0.4) is 0 Å². The van der Waals surface area contributed by atoms with E-state index in [9.17, 15) is 5.11 Å². The average Bonchev–Trinajstić information content (AvgIpc) is 2.88. The zero-order valence-electron chi connectivity index (χ0n) is 12.6. The minimum atomic E-state index is -0.121. The predicted octanol–water partition coefficient (Wildman–Crippen LogP) is 1.53.